The van der Waals surface area contributed by atoms with Crippen molar-refractivity contribution in [2.24, 2.45) is 5.10 Å². The molecule has 3 aromatic rings. The Hall–Kier alpha value is -4.34. The second-order valence-corrected chi connectivity index (χ2v) is 6.59. The van der Waals surface area contributed by atoms with Crippen molar-refractivity contribution < 1.29 is 28.3 Å². The van der Waals surface area contributed by atoms with Crippen LogP contribution < -0.4 is 19.6 Å². The van der Waals surface area contributed by atoms with Crippen LogP contribution in [-0.4, -0.2) is 31.3 Å². The van der Waals surface area contributed by atoms with Gasteiger partial charge in [-0.05, 0) is 48.9 Å². The van der Waals surface area contributed by atoms with Crippen LogP contribution in [0.1, 0.15) is 27.4 Å². The second-order valence-electron chi connectivity index (χ2n) is 6.59. The van der Waals surface area contributed by atoms with E-state index in [0.29, 0.717) is 22.8 Å². The van der Waals surface area contributed by atoms with Crippen molar-refractivity contribution in [1.29, 1.82) is 0 Å². The van der Waals surface area contributed by atoms with Crippen molar-refractivity contribution >= 4 is 17.8 Å². The lowest BCUT2D eigenvalue weighted by atomic mass is 10.2. The first-order valence-corrected chi connectivity index (χ1v) is 9.43. The Morgan fingerprint density at radius 1 is 1.12 bits per heavy atom. The zero-order valence-corrected chi connectivity index (χ0v) is 17.7. The summed E-state index contributed by atoms with van der Waals surface area (Å²) in [5, 5.41) is 15.1. The average molecular weight is 439 g/mol. The van der Waals surface area contributed by atoms with Crippen molar-refractivity contribution in [3.63, 3.8) is 0 Å². The van der Waals surface area contributed by atoms with Gasteiger partial charge in [-0.25, -0.2) is 5.43 Å². The number of benzene rings is 2. The number of amides is 1. The summed E-state index contributed by atoms with van der Waals surface area (Å²) in [6.45, 7) is 1.67. The van der Waals surface area contributed by atoms with E-state index >= 15 is 0 Å². The summed E-state index contributed by atoms with van der Waals surface area (Å²) in [7, 11) is 3.06. The minimum atomic E-state index is -0.573. The second kappa shape index (κ2) is 10.1. The maximum Gasteiger partial charge on any atom is 0.311 e. The van der Waals surface area contributed by atoms with E-state index in [9.17, 15) is 14.9 Å². The summed E-state index contributed by atoms with van der Waals surface area (Å²) < 4.78 is 21.4. The zero-order chi connectivity index (χ0) is 23.1. The van der Waals surface area contributed by atoms with Crippen LogP contribution in [0.3, 0.4) is 0 Å². The number of nitro groups is 1. The molecule has 0 unspecified atom stereocenters. The molecule has 0 saturated carbocycles. The lowest BCUT2D eigenvalue weighted by Crippen LogP contribution is -2.16. The molecule has 0 radical (unpaired) electrons. The number of hydrogen-bond donors (Lipinski definition) is 1. The van der Waals surface area contributed by atoms with Gasteiger partial charge in [0.1, 0.15) is 23.9 Å². The monoisotopic (exact) mass is 439 g/mol. The van der Waals surface area contributed by atoms with Crippen LogP contribution in [0.25, 0.3) is 0 Å². The van der Waals surface area contributed by atoms with Gasteiger partial charge in [-0.15, -0.1) is 0 Å². The Bertz CT molecular complexity index is 1150. The maximum atomic E-state index is 12.3. The molecule has 166 valence electrons. The summed E-state index contributed by atoms with van der Waals surface area (Å²) >= 11 is 0. The van der Waals surface area contributed by atoms with Gasteiger partial charge in [0.05, 0.1) is 25.4 Å². The number of aryl methyl sites for hydroxylation is 1. The standard InChI is InChI=1S/C22H21N3O7/c1-14-4-7-20(18(10-14)25(27)28)31-13-17-6-9-21(32-17)22(26)24-23-12-15-11-16(29-2)5-8-19(15)30-3/h4-12H,13H2,1-3H3,(H,24,26)/b23-12+. The number of carbonyl (C=O) groups excluding carboxylic acids is 1. The lowest BCUT2D eigenvalue weighted by molar-refractivity contribution is -0.386. The molecule has 1 N–H and O–H groups in total. The molecule has 1 heterocycles. The van der Waals surface area contributed by atoms with Crippen molar-refractivity contribution in [3.05, 3.63) is 81.3 Å². The maximum absolute atomic E-state index is 12.3. The Balaban J connectivity index is 1.62. The fraction of sp³-hybridized carbons (Fsp3) is 0.182. The predicted molar refractivity (Wildman–Crippen MR) is 115 cm³/mol. The topological polar surface area (TPSA) is 125 Å². The predicted octanol–water partition coefficient (Wildman–Crippen LogP) is 3.86. The van der Waals surface area contributed by atoms with Gasteiger partial charge in [-0.3, -0.25) is 14.9 Å². The van der Waals surface area contributed by atoms with Crippen molar-refractivity contribution in [1.82, 2.24) is 5.43 Å². The number of hydrazone groups is 1. The first-order chi connectivity index (χ1) is 15.4. The number of methoxy groups -OCH3 is 2. The summed E-state index contributed by atoms with van der Waals surface area (Å²) in [4.78, 5) is 22.9. The summed E-state index contributed by atoms with van der Waals surface area (Å²) in [5.41, 5.74) is 3.58. The van der Waals surface area contributed by atoms with Crippen LogP contribution in [0, 0.1) is 17.0 Å². The Kier molecular flexibility index (Phi) is 7.06. The highest BCUT2D eigenvalue weighted by Crippen LogP contribution is 2.28. The molecule has 0 bridgehead atoms. The molecule has 2 aromatic carbocycles. The third-order valence-electron chi connectivity index (χ3n) is 4.37. The molecule has 1 amide bonds. The molecule has 1 aromatic heterocycles. The molecule has 0 fully saturated rings. The first kappa shape index (κ1) is 22.3. The molecule has 0 spiro atoms. The molecule has 0 aliphatic rings. The Labute approximate surface area is 183 Å². The molecular weight excluding hydrogens is 418 g/mol. The van der Waals surface area contributed by atoms with E-state index in [1.165, 1.54) is 31.5 Å². The van der Waals surface area contributed by atoms with Crippen LogP contribution >= 0.6 is 0 Å². The minimum absolute atomic E-state index is 0.0109. The van der Waals surface area contributed by atoms with Gasteiger partial charge >= 0.3 is 11.6 Å². The minimum Gasteiger partial charge on any atom is -0.497 e. The number of nitro benzene ring substituents is 1. The van der Waals surface area contributed by atoms with Crippen LogP contribution in [0.4, 0.5) is 5.69 Å². The molecule has 0 aliphatic carbocycles. The SMILES string of the molecule is COc1ccc(OC)c(/C=N/NC(=O)c2ccc(COc3ccc(C)cc3[N+](=O)[O-])o2)c1. The molecule has 10 heteroatoms. The molecular formula is C22H21N3O7. The van der Waals surface area contributed by atoms with Crippen LogP contribution in [0.5, 0.6) is 17.2 Å². The normalized spacial score (nSPS) is 10.7. The third-order valence-corrected chi connectivity index (χ3v) is 4.37. The van der Waals surface area contributed by atoms with E-state index in [1.807, 2.05) is 0 Å². The van der Waals surface area contributed by atoms with Crippen LogP contribution in [0.2, 0.25) is 0 Å². The van der Waals surface area contributed by atoms with Gasteiger partial charge in [-0.1, -0.05) is 6.07 Å². The molecule has 0 aliphatic heterocycles. The quantitative estimate of drug-likeness (QED) is 0.305. The summed E-state index contributed by atoms with van der Waals surface area (Å²) in [6.07, 6.45) is 1.42. The molecule has 32 heavy (non-hydrogen) atoms. The Morgan fingerprint density at radius 3 is 2.62 bits per heavy atom. The van der Waals surface area contributed by atoms with Crippen LogP contribution in [-0.2, 0) is 6.61 Å². The van der Waals surface area contributed by atoms with Crippen molar-refractivity contribution in [2.45, 2.75) is 13.5 Å². The van der Waals surface area contributed by atoms with Gasteiger partial charge in [0, 0.05) is 11.6 Å². The number of hydrogen-bond acceptors (Lipinski definition) is 8. The van der Waals surface area contributed by atoms with Gasteiger partial charge in [0.15, 0.2) is 11.5 Å². The average Bonchev–Trinajstić information content (AvgIpc) is 3.27. The summed E-state index contributed by atoms with van der Waals surface area (Å²) in [6, 6.07) is 12.8. The fourth-order valence-electron chi connectivity index (χ4n) is 2.77. The van der Waals surface area contributed by atoms with Gasteiger partial charge in [-0.2, -0.15) is 5.10 Å². The highest BCUT2D eigenvalue weighted by Gasteiger charge is 2.17. The van der Waals surface area contributed by atoms with E-state index in [2.05, 4.69) is 10.5 Å². The van der Waals surface area contributed by atoms with E-state index in [4.69, 9.17) is 18.6 Å². The molecule has 3 rings (SSSR count). The first-order valence-electron chi connectivity index (χ1n) is 9.43. The van der Waals surface area contributed by atoms with E-state index < -0.39 is 10.8 Å². The van der Waals surface area contributed by atoms with Crippen LogP contribution in [0.15, 0.2) is 58.0 Å². The summed E-state index contributed by atoms with van der Waals surface area (Å²) in [5.74, 6) is 1.05. The van der Waals surface area contributed by atoms with Gasteiger partial charge in [0.2, 0.25) is 0 Å². The molecule has 0 saturated heterocycles. The number of nitrogens with zero attached hydrogens (tertiary/aromatic N) is 2. The number of furan rings is 1. The largest absolute Gasteiger partial charge is 0.497 e. The molecule has 0 atom stereocenters. The van der Waals surface area contributed by atoms with E-state index in [-0.39, 0.29) is 23.8 Å². The highest BCUT2D eigenvalue weighted by atomic mass is 16.6. The lowest BCUT2D eigenvalue weighted by Gasteiger charge is -2.06. The number of nitrogens with one attached hydrogen (secondary N) is 1. The van der Waals surface area contributed by atoms with Crippen molar-refractivity contribution in [2.75, 3.05) is 14.2 Å². The van der Waals surface area contributed by atoms with Gasteiger partial charge in [0.25, 0.3) is 0 Å². The Morgan fingerprint density at radius 2 is 1.91 bits per heavy atom. The third kappa shape index (κ3) is 5.42. The fourth-order valence-corrected chi connectivity index (χ4v) is 2.77. The highest BCUT2D eigenvalue weighted by molar-refractivity contribution is 5.92. The van der Waals surface area contributed by atoms with E-state index in [0.717, 1.165) is 5.56 Å². The number of carbonyl (C=O) groups is 1. The van der Waals surface area contributed by atoms with Crippen molar-refractivity contribution in [3.8, 4) is 17.2 Å². The number of rotatable bonds is 9. The van der Waals surface area contributed by atoms with Gasteiger partial charge < -0.3 is 18.6 Å². The smallest absolute Gasteiger partial charge is 0.311 e. The molecule has 10 nitrogen and oxygen atoms in total. The zero-order valence-electron chi connectivity index (χ0n) is 17.7. The number of ether oxygens (including phenoxy) is 3. The van der Waals surface area contributed by atoms with E-state index in [1.54, 1.807) is 44.4 Å².